The van der Waals surface area contributed by atoms with E-state index in [9.17, 15) is 9.18 Å². The van der Waals surface area contributed by atoms with Crippen LogP contribution in [0.3, 0.4) is 0 Å². The van der Waals surface area contributed by atoms with Crippen molar-refractivity contribution >= 4 is 5.78 Å². The first-order valence-corrected chi connectivity index (χ1v) is 12.0. The fraction of sp³-hybridized carbons (Fsp3) is 0.207. The summed E-state index contributed by atoms with van der Waals surface area (Å²) < 4.78 is 23.5. The number of fused-ring (bicyclic) bond motifs is 1. The number of methoxy groups -OCH3 is 1. The molecule has 7 nitrogen and oxygen atoms in total. The third-order valence-electron chi connectivity index (χ3n) is 6.49. The Labute approximate surface area is 214 Å². The highest BCUT2D eigenvalue weighted by atomic mass is 19.1. The van der Waals surface area contributed by atoms with Crippen LogP contribution in [0.4, 0.5) is 4.39 Å². The molecule has 188 valence electrons. The van der Waals surface area contributed by atoms with E-state index in [1.54, 1.807) is 29.7 Å². The number of aromatic nitrogens is 4. The van der Waals surface area contributed by atoms with Crippen molar-refractivity contribution in [3.8, 4) is 16.9 Å². The van der Waals surface area contributed by atoms with Gasteiger partial charge in [-0.05, 0) is 43.3 Å². The predicted octanol–water partition coefficient (Wildman–Crippen LogP) is 4.69. The minimum absolute atomic E-state index is 0.206. The zero-order valence-electron chi connectivity index (χ0n) is 21.1. The number of hydrogen-bond donors (Lipinski definition) is 0. The van der Waals surface area contributed by atoms with Crippen molar-refractivity contribution in [2.45, 2.75) is 26.6 Å². The lowest BCUT2D eigenvalue weighted by molar-refractivity contribution is 0.309. The van der Waals surface area contributed by atoms with Gasteiger partial charge in [-0.15, -0.1) is 10.2 Å². The van der Waals surface area contributed by atoms with Gasteiger partial charge in [0, 0.05) is 17.8 Å². The Morgan fingerprint density at radius 3 is 2.46 bits per heavy atom. The zero-order valence-corrected chi connectivity index (χ0v) is 21.1. The van der Waals surface area contributed by atoms with Crippen LogP contribution in [-0.2, 0) is 19.6 Å². The van der Waals surface area contributed by atoms with Crippen molar-refractivity contribution in [1.29, 1.82) is 0 Å². The van der Waals surface area contributed by atoms with Gasteiger partial charge in [0.1, 0.15) is 11.6 Å². The quantitative estimate of drug-likeness (QED) is 0.311. The normalized spacial score (nSPS) is 11.4. The lowest BCUT2D eigenvalue weighted by atomic mass is 10.0. The van der Waals surface area contributed by atoms with Crippen molar-refractivity contribution < 1.29 is 9.13 Å². The summed E-state index contributed by atoms with van der Waals surface area (Å²) in [5.74, 6) is 1.22. The highest BCUT2D eigenvalue weighted by molar-refractivity contribution is 5.68. The second kappa shape index (κ2) is 10.4. The fourth-order valence-electron chi connectivity index (χ4n) is 4.63. The van der Waals surface area contributed by atoms with Crippen LogP contribution in [-0.4, -0.2) is 38.2 Å². The number of benzene rings is 3. The van der Waals surface area contributed by atoms with Gasteiger partial charge in [-0.25, -0.2) is 8.79 Å². The van der Waals surface area contributed by atoms with Crippen LogP contribution in [0.15, 0.2) is 83.7 Å². The first kappa shape index (κ1) is 24.4. The maximum Gasteiger partial charge on any atom is 0.268 e. The summed E-state index contributed by atoms with van der Waals surface area (Å²) in [5.41, 5.74) is 3.31. The van der Waals surface area contributed by atoms with E-state index in [-0.39, 0.29) is 17.9 Å². The van der Waals surface area contributed by atoms with Crippen LogP contribution < -0.4 is 10.3 Å². The molecular formula is C29H28FN5O2. The van der Waals surface area contributed by atoms with Crippen LogP contribution in [0.1, 0.15) is 22.6 Å². The first-order valence-electron chi connectivity index (χ1n) is 12.0. The molecule has 0 bridgehead atoms. The molecule has 5 aromatic rings. The molecule has 2 heterocycles. The fourth-order valence-corrected chi connectivity index (χ4v) is 4.63. The Morgan fingerprint density at radius 2 is 1.70 bits per heavy atom. The van der Waals surface area contributed by atoms with Crippen molar-refractivity contribution in [2.75, 3.05) is 14.2 Å². The Morgan fingerprint density at radius 1 is 0.946 bits per heavy atom. The highest BCUT2D eigenvalue weighted by Crippen LogP contribution is 2.26. The minimum atomic E-state index is -0.316. The molecule has 0 aliphatic carbocycles. The zero-order chi connectivity index (χ0) is 25.9. The van der Waals surface area contributed by atoms with Crippen LogP contribution >= 0.6 is 0 Å². The van der Waals surface area contributed by atoms with Crippen LogP contribution in [0.5, 0.6) is 5.75 Å². The number of ether oxygens (including phenoxy) is 1. The smallest absolute Gasteiger partial charge is 0.268 e. The molecular weight excluding hydrogens is 469 g/mol. The van der Waals surface area contributed by atoms with Gasteiger partial charge in [0.2, 0.25) is 5.78 Å². The Balaban J connectivity index is 1.66. The van der Waals surface area contributed by atoms with E-state index in [2.05, 4.69) is 27.2 Å². The van der Waals surface area contributed by atoms with Crippen LogP contribution in [0.2, 0.25) is 0 Å². The maximum atomic E-state index is 14.7. The number of nitrogens with zero attached hydrogens (tertiary/aromatic N) is 5. The highest BCUT2D eigenvalue weighted by Gasteiger charge is 2.22. The van der Waals surface area contributed by atoms with Crippen molar-refractivity contribution in [2.24, 2.45) is 0 Å². The molecule has 0 saturated heterocycles. The molecule has 0 aliphatic rings. The van der Waals surface area contributed by atoms with E-state index in [4.69, 9.17) is 4.74 Å². The van der Waals surface area contributed by atoms with Gasteiger partial charge in [-0.3, -0.25) is 9.69 Å². The Kier molecular flexibility index (Phi) is 6.83. The molecule has 37 heavy (non-hydrogen) atoms. The standard InChI is InChI=1S/C29H28FN5O2/c1-20-27(22-13-9-14-24(16-22)37-3)28(36)35-26(19-33(2)17-21-10-5-4-6-11-21)31-32-29(35)34(20)18-23-12-7-8-15-25(23)30/h4-16H,17-19H2,1-3H3. The van der Waals surface area contributed by atoms with Crippen LogP contribution in [0.25, 0.3) is 16.9 Å². The van der Waals surface area contributed by atoms with Crippen molar-refractivity contribution in [3.63, 3.8) is 0 Å². The molecule has 5 rings (SSSR count). The van der Waals surface area contributed by atoms with Gasteiger partial charge in [-0.2, -0.15) is 0 Å². The molecule has 0 N–H and O–H groups in total. The van der Waals surface area contributed by atoms with E-state index in [0.717, 1.165) is 5.56 Å². The predicted molar refractivity (Wildman–Crippen MR) is 141 cm³/mol. The van der Waals surface area contributed by atoms with Gasteiger partial charge in [-0.1, -0.05) is 60.7 Å². The second-order valence-corrected chi connectivity index (χ2v) is 9.08. The van der Waals surface area contributed by atoms with Crippen molar-refractivity contribution in [3.05, 3.63) is 118 Å². The summed E-state index contributed by atoms with van der Waals surface area (Å²) in [6, 6.07) is 24.1. The van der Waals surface area contributed by atoms with E-state index < -0.39 is 0 Å². The van der Waals surface area contributed by atoms with E-state index in [0.29, 0.717) is 52.8 Å². The summed E-state index contributed by atoms with van der Waals surface area (Å²) in [6.07, 6.45) is 0. The minimum Gasteiger partial charge on any atom is -0.497 e. The summed E-state index contributed by atoms with van der Waals surface area (Å²) in [6.45, 7) is 3.16. The first-order chi connectivity index (χ1) is 18.0. The Bertz CT molecular complexity index is 1610. The topological polar surface area (TPSA) is 64.7 Å². The molecule has 3 aromatic carbocycles. The SMILES string of the molecule is COc1cccc(-c2c(C)n(Cc3ccccc3F)c3nnc(CN(C)Cc4ccccc4)n3c2=O)c1. The molecule has 0 amide bonds. The Hall–Kier alpha value is -4.30. The molecule has 0 fully saturated rings. The van der Waals surface area contributed by atoms with E-state index in [1.807, 2.05) is 61.0 Å². The molecule has 2 aromatic heterocycles. The molecule has 0 aliphatic heterocycles. The number of hydrogen-bond acceptors (Lipinski definition) is 5. The molecule has 0 spiro atoms. The van der Waals surface area contributed by atoms with Gasteiger partial charge < -0.3 is 9.30 Å². The summed E-state index contributed by atoms with van der Waals surface area (Å²) in [7, 11) is 3.56. The average molecular weight is 498 g/mol. The molecule has 0 saturated carbocycles. The molecule has 0 unspecified atom stereocenters. The van der Waals surface area contributed by atoms with Gasteiger partial charge in [0.15, 0.2) is 5.82 Å². The second-order valence-electron chi connectivity index (χ2n) is 9.08. The monoisotopic (exact) mass is 497 g/mol. The summed E-state index contributed by atoms with van der Waals surface area (Å²) >= 11 is 0. The third-order valence-corrected chi connectivity index (χ3v) is 6.49. The van der Waals surface area contributed by atoms with Crippen LogP contribution in [0, 0.1) is 12.7 Å². The average Bonchev–Trinajstić information content (AvgIpc) is 3.32. The lowest BCUT2D eigenvalue weighted by Gasteiger charge is -2.18. The largest absolute Gasteiger partial charge is 0.497 e. The van der Waals surface area contributed by atoms with E-state index >= 15 is 0 Å². The molecule has 0 radical (unpaired) electrons. The molecule has 8 heteroatoms. The van der Waals surface area contributed by atoms with Gasteiger partial charge in [0.25, 0.3) is 5.56 Å². The van der Waals surface area contributed by atoms with Gasteiger partial charge in [0.05, 0.1) is 25.8 Å². The summed E-state index contributed by atoms with van der Waals surface area (Å²) in [5, 5.41) is 8.80. The number of rotatable bonds is 8. The van der Waals surface area contributed by atoms with Gasteiger partial charge >= 0.3 is 0 Å². The summed E-state index contributed by atoms with van der Waals surface area (Å²) in [4.78, 5) is 16.1. The van der Waals surface area contributed by atoms with E-state index in [1.165, 1.54) is 6.07 Å². The van der Waals surface area contributed by atoms with Crippen molar-refractivity contribution in [1.82, 2.24) is 24.1 Å². The maximum absolute atomic E-state index is 14.7. The molecule has 0 atom stereocenters. The lowest BCUT2D eigenvalue weighted by Crippen LogP contribution is -2.27. The number of halogens is 1. The third kappa shape index (κ3) is 4.88.